The third-order valence-corrected chi connectivity index (χ3v) is 3.27. The van der Waals surface area contributed by atoms with Gasteiger partial charge in [-0.2, -0.15) is 0 Å². The van der Waals surface area contributed by atoms with Crippen LogP contribution < -0.4 is 21.1 Å². The standard InChI is InChI=1S/C14H20N4O3/c1-21-12-3-2-10(15)8-11(12)17-14(20)9-18-6-4-13(19)16-5-7-18/h2-3,8H,4-7,9,15H2,1H3,(H,16,19)(H,17,20). The van der Waals surface area contributed by atoms with Gasteiger partial charge in [-0.05, 0) is 18.2 Å². The van der Waals surface area contributed by atoms with Crippen molar-refractivity contribution in [3.05, 3.63) is 18.2 Å². The van der Waals surface area contributed by atoms with E-state index in [0.29, 0.717) is 43.2 Å². The summed E-state index contributed by atoms with van der Waals surface area (Å²) in [5.41, 5.74) is 6.81. The number of nitrogens with zero attached hydrogens (tertiary/aromatic N) is 1. The summed E-state index contributed by atoms with van der Waals surface area (Å²) in [6.45, 7) is 2.03. The number of methoxy groups -OCH3 is 1. The predicted molar refractivity (Wildman–Crippen MR) is 80.1 cm³/mol. The van der Waals surface area contributed by atoms with E-state index >= 15 is 0 Å². The highest BCUT2D eigenvalue weighted by Crippen LogP contribution is 2.26. The maximum atomic E-state index is 12.1. The fraction of sp³-hybridized carbons (Fsp3) is 0.429. The second-order valence-electron chi connectivity index (χ2n) is 4.88. The third kappa shape index (κ3) is 4.35. The monoisotopic (exact) mass is 292 g/mol. The molecule has 0 aliphatic carbocycles. The van der Waals surface area contributed by atoms with Crippen molar-refractivity contribution in [2.45, 2.75) is 6.42 Å². The molecule has 1 aliphatic rings. The van der Waals surface area contributed by atoms with E-state index in [9.17, 15) is 9.59 Å². The Kier molecular flexibility index (Phi) is 4.99. The minimum Gasteiger partial charge on any atom is -0.495 e. The number of hydrogen-bond acceptors (Lipinski definition) is 5. The molecule has 0 bridgehead atoms. The molecule has 0 radical (unpaired) electrons. The average Bonchev–Trinajstić information content (AvgIpc) is 2.64. The second-order valence-corrected chi connectivity index (χ2v) is 4.88. The molecule has 0 aromatic heterocycles. The highest BCUT2D eigenvalue weighted by atomic mass is 16.5. The van der Waals surface area contributed by atoms with Gasteiger partial charge in [0.2, 0.25) is 11.8 Å². The first-order valence-electron chi connectivity index (χ1n) is 6.81. The molecular formula is C14H20N4O3. The van der Waals surface area contributed by atoms with Gasteiger partial charge in [-0.1, -0.05) is 0 Å². The van der Waals surface area contributed by atoms with Gasteiger partial charge in [-0.25, -0.2) is 0 Å². The Labute approximate surface area is 123 Å². The van der Waals surface area contributed by atoms with Crippen LogP contribution in [0.1, 0.15) is 6.42 Å². The summed E-state index contributed by atoms with van der Waals surface area (Å²) >= 11 is 0. The first-order valence-corrected chi connectivity index (χ1v) is 6.81. The zero-order valence-corrected chi connectivity index (χ0v) is 12.0. The number of carbonyl (C=O) groups excluding carboxylic acids is 2. The lowest BCUT2D eigenvalue weighted by Gasteiger charge is -2.19. The van der Waals surface area contributed by atoms with Gasteiger partial charge in [0.05, 0.1) is 19.3 Å². The van der Waals surface area contributed by atoms with Crippen molar-refractivity contribution >= 4 is 23.2 Å². The van der Waals surface area contributed by atoms with Gasteiger partial charge in [-0.3, -0.25) is 14.5 Å². The van der Waals surface area contributed by atoms with Gasteiger partial charge in [0.1, 0.15) is 5.75 Å². The smallest absolute Gasteiger partial charge is 0.238 e. The van der Waals surface area contributed by atoms with Gasteiger partial charge in [0.15, 0.2) is 0 Å². The van der Waals surface area contributed by atoms with E-state index < -0.39 is 0 Å². The zero-order valence-electron chi connectivity index (χ0n) is 12.0. The van der Waals surface area contributed by atoms with Crippen LogP contribution in [-0.2, 0) is 9.59 Å². The number of carbonyl (C=O) groups is 2. The van der Waals surface area contributed by atoms with Crippen LogP contribution in [0.2, 0.25) is 0 Å². The first-order chi connectivity index (χ1) is 10.1. The number of ether oxygens (including phenoxy) is 1. The molecule has 21 heavy (non-hydrogen) atoms. The summed E-state index contributed by atoms with van der Waals surface area (Å²) in [5, 5.41) is 5.56. The molecule has 1 aliphatic heterocycles. The minimum absolute atomic E-state index is 0.0235. The van der Waals surface area contributed by atoms with Crippen molar-refractivity contribution < 1.29 is 14.3 Å². The van der Waals surface area contributed by atoms with E-state index in [4.69, 9.17) is 10.5 Å². The summed E-state index contributed by atoms with van der Waals surface area (Å²) in [6, 6.07) is 5.07. The molecule has 1 aromatic carbocycles. The Bertz CT molecular complexity index is 533. The van der Waals surface area contributed by atoms with Crippen LogP contribution in [0.5, 0.6) is 5.75 Å². The summed E-state index contributed by atoms with van der Waals surface area (Å²) < 4.78 is 5.19. The van der Waals surface area contributed by atoms with Gasteiger partial charge < -0.3 is 21.1 Å². The minimum atomic E-state index is -0.159. The van der Waals surface area contributed by atoms with Gasteiger partial charge in [0, 0.05) is 31.7 Å². The summed E-state index contributed by atoms with van der Waals surface area (Å²) in [6.07, 6.45) is 0.412. The Morgan fingerprint density at radius 1 is 1.48 bits per heavy atom. The molecule has 1 heterocycles. The van der Waals surface area contributed by atoms with Crippen LogP contribution in [-0.4, -0.2) is 50.0 Å². The predicted octanol–water partition coefficient (Wildman–Crippen LogP) is 0.0378. The molecule has 0 saturated carbocycles. The molecule has 1 aromatic rings. The van der Waals surface area contributed by atoms with E-state index in [-0.39, 0.29) is 18.4 Å². The van der Waals surface area contributed by atoms with Gasteiger partial charge in [0.25, 0.3) is 0 Å². The zero-order chi connectivity index (χ0) is 15.2. The number of amides is 2. The van der Waals surface area contributed by atoms with Crippen LogP contribution in [0.25, 0.3) is 0 Å². The number of nitrogen functional groups attached to an aromatic ring is 1. The lowest BCUT2D eigenvalue weighted by molar-refractivity contribution is -0.121. The largest absolute Gasteiger partial charge is 0.495 e. The fourth-order valence-electron chi connectivity index (χ4n) is 2.19. The topological polar surface area (TPSA) is 96.7 Å². The van der Waals surface area contributed by atoms with Crippen LogP contribution in [0.15, 0.2) is 18.2 Å². The number of anilines is 2. The molecule has 0 spiro atoms. The molecule has 7 nitrogen and oxygen atoms in total. The van der Waals surface area contributed by atoms with Crippen molar-refractivity contribution in [1.29, 1.82) is 0 Å². The normalized spacial score (nSPS) is 16.0. The summed E-state index contributed by atoms with van der Waals surface area (Å²) in [5.74, 6) is 0.425. The highest BCUT2D eigenvalue weighted by molar-refractivity contribution is 5.94. The van der Waals surface area contributed by atoms with Crippen molar-refractivity contribution in [2.75, 3.05) is 44.3 Å². The van der Waals surface area contributed by atoms with E-state index in [1.165, 1.54) is 7.11 Å². The van der Waals surface area contributed by atoms with E-state index in [1.54, 1.807) is 18.2 Å². The van der Waals surface area contributed by atoms with E-state index in [0.717, 1.165) is 0 Å². The van der Waals surface area contributed by atoms with Crippen LogP contribution in [0, 0.1) is 0 Å². The maximum Gasteiger partial charge on any atom is 0.238 e. The van der Waals surface area contributed by atoms with Crippen molar-refractivity contribution in [2.24, 2.45) is 0 Å². The Balaban J connectivity index is 1.95. The molecule has 1 fully saturated rings. The molecule has 0 atom stereocenters. The van der Waals surface area contributed by atoms with Crippen LogP contribution in [0.3, 0.4) is 0 Å². The molecule has 4 N–H and O–H groups in total. The lowest BCUT2D eigenvalue weighted by atomic mass is 10.2. The van der Waals surface area contributed by atoms with Crippen molar-refractivity contribution in [3.63, 3.8) is 0 Å². The Morgan fingerprint density at radius 3 is 3.05 bits per heavy atom. The number of hydrogen-bond donors (Lipinski definition) is 3. The lowest BCUT2D eigenvalue weighted by Crippen LogP contribution is -2.35. The SMILES string of the molecule is COc1ccc(N)cc1NC(=O)CN1CCNC(=O)CC1. The molecule has 7 heteroatoms. The number of benzene rings is 1. The van der Waals surface area contributed by atoms with E-state index in [1.807, 2.05) is 4.90 Å². The fourth-order valence-corrected chi connectivity index (χ4v) is 2.19. The van der Waals surface area contributed by atoms with Gasteiger partial charge in [-0.15, -0.1) is 0 Å². The molecule has 2 rings (SSSR count). The molecule has 2 amide bonds. The quantitative estimate of drug-likeness (QED) is 0.681. The third-order valence-electron chi connectivity index (χ3n) is 3.27. The molecular weight excluding hydrogens is 272 g/mol. The second kappa shape index (κ2) is 6.94. The van der Waals surface area contributed by atoms with Crippen molar-refractivity contribution in [1.82, 2.24) is 10.2 Å². The van der Waals surface area contributed by atoms with E-state index in [2.05, 4.69) is 10.6 Å². The maximum absolute atomic E-state index is 12.1. The summed E-state index contributed by atoms with van der Waals surface area (Å²) in [4.78, 5) is 25.3. The first kappa shape index (κ1) is 15.1. The number of nitrogens with two attached hydrogens (primary N) is 1. The number of rotatable bonds is 4. The Morgan fingerprint density at radius 2 is 2.29 bits per heavy atom. The molecule has 1 saturated heterocycles. The highest BCUT2D eigenvalue weighted by Gasteiger charge is 2.17. The van der Waals surface area contributed by atoms with Crippen molar-refractivity contribution in [3.8, 4) is 5.75 Å². The Hall–Kier alpha value is -2.28. The average molecular weight is 292 g/mol. The van der Waals surface area contributed by atoms with Gasteiger partial charge >= 0.3 is 0 Å². The number of nitrogens with one attached hydrogen (secondary N) is 2. The van der Waals surface area contributed by atoms with Crippen LogP contribution in [0.4, 0.5) is 11.4 Å². The molecule has 114 valence electrons. The van der Waals surface area contributed by atoms with Crippen LogP contribution >= 0.6 is 0 Å². The molecule has 0 unspecified atom stereocenters. The summed E-state index contributed by atoms with van der Waals surface area (Å²) in [7, 11) is 1.53.